The minimum Gasteiger partial charge on any atom is -0.505 e. The van der Waals surface area contributed by atoms with E-state index in [1.807, 2.05) is 6.92 Å². The van der Waals surface area contributed by atoms with Crippen LogP contribution in [0.5, 0.6) is 17.2 Å². The molecule has 6 aromatic rings. The fraction of sp³-hybridized carbons (Fsp3) is 0.224. The maximum atomic E-state index is 11.6. The number of hydrogen-bond donors (Lipinski definition) is 8. The van der Waals surface area contributed by atoms with E-state index in [4.69, 9.17) is 36.0 Å². The summed E-state index contributed by atoms with van der Waals surface area (Å²) in [5, 5.41) is 102. The SMILES string of the molecule is C=C(C)C(=O)OCc1cc(C)cc(N=Nc2cc(CO)c(CO)c(CO)c2)c1O.C=C(C)C(=O)OCc1cc(C)cc(N=Nc2ccc(CO)cc2)c1O.C=C(C)C(=O)OCc1cc(Cl)cc(N=Nc2ccc(CO)cc2)c1O. The molecule has 79 heavy (non-hydrogen) atoms. The molecule has 0 unspecified atom stereocenters. The van der Waals surface area contributed by atoms with Crippen molar-refractivity contribution >= 4 is 63.6 Å². The second-order valence-corrected chi connectivity index (χ2v) is 18.0. The number of carbonyl (C=O) groups excluding carboxylic acids is 3. The third kappa shape index (κ3) is 19.3. The monoisotopic (exact) mass is 1100 g/mol. The van der Waals surface area contributed by atoms with Crippen molar-refractivity contribution in [1.29, 1.82) is 0 Å². The molecule has 0 radical (unpaired) electrons. The summed E-state index contributed by atoms with van der Waals surface area (Å²) < 4.78 is 15.2. The molecule has 6 aromatic carbocycles. The number of rotatable bonds is 20. The van der Waals surface area contributed by atoms with Gasteiger partial charge in [-0.2, -0.15) is 15.3 Å². The van der Waals surface area contributed by atoms with Crippen molar-refractivity contribution in [3.63, 3.8) is 0 Å². The molecule has 0 aliphatic heterocycles. The molecule has 0 saturated heterocycles. The Hall–Kier alpha value is -8.76. The van der Waals surface area contributed by atoms with Crippen LogP contribution in [0.25, 0.3) is 0 Å². The summed E-state index contributed by atoms with van der Waals surface area (Å²) in [6.45, 7) is 17.3. The van der Waals surface area contributed by atoms with E-state index in [1.165, 1.54) is 38.1 Å². The van der Waals surface area contributed by atoms with E-state index in [0.717, 1.165) is 22.3 Å². The molecule has 0 bridgehead atoms. The molecule has 8 N–H and O–H groups in total. The summed E-state index contributed by atoms with van der Waals surface area (Å²) in [4.78, 5) is 34.5. The zero-order valence-corrected chi connectivity index (χ0v) is 44.9. The smallest absolute Gasteiger partial charge is 0.333 e. The number of hydrogen-bond acceptors (Lipinski definition) is 20. The molecule has 0 aliphatic rings. The fourth-order valence-corrected chi connectivity index (χ4v) is 6.89. The number of aromatic hydroxyl groups is 3. The van der Waals surface area contributed by atoms with Gasteiger partial charge in [0.25, 0.3) is 0 Å². The third-order valence-corrected chi connectivity index (χ3v) is 11.1. The normalized spacial score (nSPS) is 10.9. The van der Waals surface area contributed by atoms with Gasteiger partial charge in [0.2, 0.25) is 0 Å². The number of aryl methyl sites for hydroxylation is 2. The predicted molar refractivity (Wildman–Crippen MR) is 294 cm³/mol. The van der Waals surface area contributed by atoms with Crippen LogP contribution in [0.1, 0.15) is 76.4 Å². The Morgan fingerprint density at radius 1 is 0.430 bits per heavy atom. The van der Waals surface area contributed by atoms with Crippen molar-refractivity contribution < 1.29 is 69.4 Å². The Bertz CT molecular complexity index is 3100. The highest BCUT2D eigenvalue weighted by molar-refractivity contribution is 6.31. The van der Waals surface area contributed by atoms with Crippen molar-refractivity contribution in [2.45, 2.75) is 87.5 Å². The van der Waals surface area contributed by atoms with Crippen LogP contribution in [-0.4, -0.2) is 58.8 Å². The number of nitrogens with zero attached hydrogens (tertiary/aromatic N) is 6. The highest BCUT2D eigenvalue weighted by Crippen LogP contribution is 2.37. The number of azo groups is 3. The van der Waals surface area contributed by atoms with Crippen LogP contribution >= 0.6 is 11.6 Å². The number of aliphatic hydroxyl groups is 5. The van der Waals surface area contributed by atoms with Gasteiger partial charge in [0.1, 0.15) is 54.1 Å². The molecule has 414 valence electrons. The van der Waals surface area contributed by atoms with Crippen molar-refractivity contribution in [3.05, 3.63) is 194 Å². The van der Waals surface area contributed by atoms with Crippen LogP contribution in [0.4, 0.5) is 34.1 Å². The van der Waals surface area contributed by atoms with Gasteiger partial charge in [0.15, 0.2) is 0 Å². The van der Waals surface area contributed by atoms with E-state index in [1.54, 1.807) is 86.6 Å². The van der Waals surface area contributed by atoms with Gasteiger partial charge >= 0.3 is 17.9 Å². The van der Waals surface area contributed by atoms with E-state index < -0.39 is 17.9 Å². The molecule has 6 rings (SSSR count). The maximum absolute atomic E-state index is 11.6. The Morgan fingerprint density at radius 3 is 1.08 bits per heavy atom. The van der Waals surface area contributed by atoms with E-state index in [0.29, 0.717) is 61.0 Å². The van der Waals surface area contributed by atoms with Gasteiger partial charge < -0.3 is 55.1 Å². The number of carbonyl (C=O) groups is 3. The molecule has 0 atom stereocenters. The number of phenolic OH excluding ortho intramolecular Hbond substituents is 3. The lowest BCUT2D eigenvalue weighted by molar-refractivity contribution is -0.141. The van der Waals surface area contributed by atoms with E-state index in [9.17, 15) is 45.0 Å². The van der Waals surface area contributed by atoms with Crippen LogP contribution in [-0.2, 0) is 81.4 Å². The van der Waals surface area contributed by atoms with Crippen LogP contribution in [0.15, 0.2) is 164 Å². The lowest BCUT2D eigenvalue weighted by Crippen LogP contribution is -2.05. The number of esters is 3. The van der Waals surface area contributed by atoms with Crippen molar-refractivity contribution in [3.8, 4) is 17.2 Å². The van der Waals surface area contributed by atoms with Crippen molar-refractivity contribution in [2.75, 3.05) is 0 Å². The lowest BCUT2D eigenvalue weighted by atomic mass is 10.0. The first-order chi connectivity index (χ1) is 37.6. The quantitative estimate of drug-likeness (QED) is 0.0153. The van der Waals surface area contributed by atoms with Crippen molar-refractivity contribution in [2.24, 2.45) is 30.7 Å². The molecular weight excluding hydrogens is 1040 g/mol. The molecule has 0 heterocycles. The Kier molecular flexibility index (Phi) is 24.5. The standard InChI is InChI=1S/C21H24N2O6.C19H20N2O4.C18H17ClN2O4/c1-12(2)21(28)29-11-16-4-13(3)5-19(20(16)27)23-22-17-6-14(8-24)18(10-26)15(7-17)9-25;1-12(2)19(24)25-11-15-8-13(3)9-17(18(15)23)21-20-16-6-4-14(10-22)5-7-16;1-11(2)18(24)25-10-13-7-14(19)8-16(17(13)23)21-20-15-5-3-12(9-22)4-6-15/h4-7,24-27H,1,8-11H2,2-3H3;4-9,22-23H,1,10-11H2,2-3H3;3-8,22-23H,1,9-10H2,2H3. The number of aliphatic hydroxyl groups excluding tert-OH is 5. The van der Waals surface area contributed by atoms with Gasteiger partial charge in [-0.25, -0.2) is 14.4 Å². The van der Waals surface area contributed by atoms with Gasteiger partial charge in [0, 0.05) is 38.4 Å². The largest absolute Gasteiger partial charge is 0.505 e. The van der Waals surface area contributed by atoms with Crippen LogP contribution in [0, 0.1) is 13.8 Å². The number of benzene rings is 6. The summed E-state index contributed by atoms with van der Waals surface area (Å²) in [5.41, 5.74) is 8.47. The highest BCUT2D eigenvalue weighted by atomic mass is 35.5. The number of halogens is 1. The first-order valence-corrected chi connectivity index (χ1v) is 24.3. The van der Waals surface area contributed by atoms with Crippen LogP contribution < -0.4 is 0 Å². The minimum atomic E-state index is -0.564. The van der Waals surface area contributed by atoms with E-state index >= 15 is 0 Å². The molecule has 0 aliphatic carbocycles. The molecular formula is C58H61ClN6O14. The average molecular weight is 1100 g/mol. The van der Waals surface area contributed by atoms with Gasteiger partial charge in [-0.05, 0) is 146 Å². The summed E-state index contributed by atoms with van der Waals surface area (Å²) in [6.07, 6.45) is 0. The Balaban J connectivity index is 0.000000256. The zero-order valence-electron chi connectivity index (χ0n) is 44.1. The highest BCUT2D eigenvalue weighted by Gasteiger charge is 2.16. The van der Waals surface area contributed by atoms with Crippen molar-refractivity contribution in [1.82, 2.24) is 0 Å². The molecule has 0 aromatic heterocycles. The van der Waals surface area contributed by atoms with Gasteiger partial charge in [-0.3, -0.25) is 0 Å². The molecule has 0 spiro atoms. The van der Waals surface area contributed by atoms with Crippen LogP contribution in [0.3, 0.4) is 0 Å². The first kappa shape index (κ1) is 62.8. The summed E-state index contributed by atoms with van der Waals surface area (Å²) in [7, 11) is 0. The van der Waals surface area contributed by atoms with E-state index in [2.05, 4.69) is 50.4 Å². The Morgan fingerprint density at radius 2 is 0.759 bits per heavy atom. The maximum Gasteiger partial charge on any atom is 0.333 e. The zero-order chi connectivity index (χ0) is 58.3. The second-order valence-electron chi connectivity index (χ2n) is 17.6. The minimum absolute atomic E-state index is 0.0393. The molecule has 20 nitrogen and oxygen atoms in total. The lowest BCUT2D eigenvalue weighted by Gasteiger charge is -2.11. The molecule has 0 amide bonds. The summed E-state index contributed by atoms with van der Waals surface area (Å²) in [5.74, 6) is -2.08. The Labute approximate surface area is 461 Å². The van der Waals surface area contributed by atoms with Crippen LogP contribution in [0.2, 0.25) is 5.02 Å². The summed E-state index contributed by atoms with van der Waals surface area (Å²) in [6, 6.07) is 26.4. The molecule has 0 fully saturated rings. The predicted octanol–water partition coefficient (Wildman–Crippen LogP) is 12.0. The van der Waals surface area contributed by atoms with E-state index in [-0.39, 0.29) is 98.3 Å². The first-order valence-electron chi connectivity index (χ1n) is 23.9. The second kappa shape index (κ2) is 30.8. The number of ether oxygens (including phenoxy) is 3. The van der Waals surface area contributed by atoms with Gasteiger partial charge in [-0.1, -0.05) is 55.6 Å². The topological polar surface area (TPSA) is 315 Å². The summed E-state index contributed by atoms with van der Waals surface area (Å²) >= 11 is 6.02. The third-order valence-electron chi connectivity index (χ3n) is 10.9. The van der Waals surface area contributed by atoms with Gasteiger partial charge in [-0.15, -0.1) is 15.3 Å². The average Bonchev–Trinajstić information content (AvgIpc) is 3.43. The number of phenols is 3. The fourth-order valence-electron chi connectivity index (χ4n) is 6.66. The van der Waals surface area contributed by atoms with Gasteiger partial charge in [0.05, 0.1) is 50.1 Å². The molecule has 0 saturated carbocycles. The molecule has 21 heteroatoms.